The third kappa shape index (κ3) is 3.42. The van der Waals surface area contributed by atoms with Gasteiger partial charge in [-0.25, -0.2) is 9.07 Å². The number of rotatable bonds is 4. The number of hydrogen-bond acceptors (Lipinski definition) is 4. The molecular weight excluding hydrogens is 359 g/mol. The molecule has 0 N–H and O–H groups in total. The molecule has 0 spiro atoms. The van der Waals surface area contributed by atoms with Crippen LogP contribution in [0, 0.1) is 5.82 Å². The van der Waals surface area contributed by atoms with Gasteiger partial charge in [0.25, 0.3) is 5.91 Å². The molecule has 3 aromatic rings. The summed E-state index contributed by atoms with van der Waals surface area (Å²) >= 11 is 0. The third-order valence-corrected chi connectivity index (χ3v) is 5.25. The molecule has 146 valence electrons. The molecule has 0 bridgehead atoms. The summed E-state index contributed by atoms with van der Waals surface area (Å²) in [4.78, 5) is 14.6. The van der Waals surface area contributed by atoms with Gasteiger partial charge in [-0.15, -0.1) is 10.2 Å². The van der Waals surface area contributed by atoms with E-state index in [4.69, 9.17) is 0 Å². The number of benzene rings is 1. The fourth-order valence-electron chi connectivity index (χ4n) is 3.70. The van der Waals surface area contributed by atoms with Crippen LogP contribution in [0.4, 0.5) is 4.39 Å². The maximum Gasteiger partial charge on any atom is 0.253 e. The second kappa shape index (κ2) is 7.53. The Balaban J connectivity index is 1.44. The zero-order valence-electron chi connectivity index (χ0n) is 16.0. The van der Waals surface area contributed by atoms with Crippen LogP contribution in [0.1, 0.15) is 54.8 Å². The average Bonchev–Trinajstić information content (AvgIpc) is 3.39. The molecular formula is C20H23FN6O. The smallest absolute Gasteiger partial charge is 0.253 e. The second-order valence-electron chi connectivity index (χ2n) is 7.37. The van der Waals surface area contributed by atoms with Crippen molar-refractivity contribution in [3.05, 3.63) is 60.2 Å². The largest absolute Gasteiger partial charge is 0.339 e. The SMILES string of the molecule is CC(C)n1cnnc1C1CCN(C(=O)c2ccc(-n3cccn3)c(F)c2)CC1. The highest BCUT2D eigenvalue weighted by molar-refractivity contribution is 5.94. The van der Waals surface area contributed by atoms with E-state index in [0.717, 1.165) is 18.7 Å². The van der Waals surface area contributed by atoms with Crippen LogP contribution in [0.15, 0.2) is 43.0 Å². The summed E-state index contributed by atoms with van der Waals surface area (Å²) in [7, 11) is 0. The van der Waals surface area contributed by atoms with Gasteiger partial charge in [0.2, 0.25) is 0 Å². The van der Waals surface area contributed by atoms with Crippen molar-refractivity contribution >= 4 is 5.91 Å². The van der Waals surface area contributed by atoms with Crippen LogP contribution in [0.5, 0.6) is 0 Å². The first kappa shape index (κ1) is 18.3. The molecule has 3 heterocycles. The van der Waals surface area contributed by atoms with Gasteiger partial charge in [-0.3, -0.25) is 4.79 Å². The summed E-state index contributed by atoms with van der Waals surface area (Å²) in [6.07, 6.45) is 6.67. The predicted molar refractivity (Wildman–Crippen MR) is 102 cm³/mol. The summed E-state index contributed by atoms with van der Waals surface area (Å²) in [6, 6.07) is 6.57. The van der Waals surface area contributed by atoms with Gasteiger partial charge in [-0.2, -0.15) is 5.10 Å². The van der Waals surface area contributed by atoms with Crippen LogP contribution in [0.2, 0.25) is 0 Å². The van der Waals surface area contributed by atoms with E-state index in [0.29, 0.717) is 30.4 Å². The normalized spacial score (nSPS) is 15.4. The molecule has 0 aliphatic carbocycles. The summed E-state index contributed by atoms with van der Waals surface area (Å²) in [5, 5.41) is 12.4. The number of nitrogens with zero attached hydrogens (tertiary/aromatic N) is 6. The number of likely N-dealkylation sites (tertiary alicyclic amines) is 1. The van der Waals surface area contributed by atoms with Crippen LogP contribution in [0.3, 0.4) is 0 Å². The zero-order chi connectivity index (χ0) is 19.7. The molecule has 1 saturated heterocycles. The first-order valence-electron chi connectivity index (χ1n) is 9.53. The lowest BCUT2D eigenvalue weighted by Crippen LogP contribution is -2.38. The number of hydrogen-bond donors (Lipinski definition) is 0. The predicted octanol–water partition coefficient (Wildman–Crippen LogP) is 3.20. The van der Waals surface area contributed by atoms with Gasteiger partial charge in [0.15, 0.2) is 0 Å². The summed E-state index contributed by atoms with van der Waals surface area (Å²) in [5.41, 5.74) is 0.686. The number of piperidine rings is 1. The molecule has 1 aliphatic rings. The van der Waals surface area contributed by atoms with E-state index < -0.39 is 5.82 Å². The standard InChI is InChI=1S/C20H23FN6O/c1-14(2)26-13-22-24-19(26)15-6-10-25(11-7-15)20(28)16-4-5-18(17(21)12-16)27-9-3-8-23-27/h3-5,8-9,12-15H,6-7,10-11H2,1-2H3. The molecule has 1 fully saturated rings. The van der Waals surface area contributed by atoms with E-state index in [1.54, 1.807) is 41.8 Å². The molecule has 8 heteroatoms. The van der Waals surface area contributed by atoms with Gasteiger partial charge in [0.05, 0.1) is 0 Å². The van der Waals surface area contributed by atoms with Gasteiger partial charge in [-0.05, 0) is 51.0 Å². The maximum atomic E-state index is 14.5. The van der Waals surface area contributed by atoms with Crippen LogP contribution in [-0.2, 0) is 0 Å². The number of aromatic nitrogens is 5. The van der Waals surface area contributed by atoms with Crippen molar-refractivity contribution in [2.75, 3.05) is 13.1 Å². The minimum atomic E-state index is -0.463. The molecule has 1 aromatic carbocycles. The first-order valence-corrected chi connectivity index (χ1v) is 9.53. The Bertz CT molecular complexity index is 957. The Morgan fingerprint density at radius 3 is 2.68 bits per heavy atom. The van der Waals surface area contributed by atoms with Crippen molar-refractivity contribution in [1.29, 1.82) is 0 Å². The van der Waals surface area contributed by atoms with Crippen molar-refractivity contribution in [1.82, 2.24) is 29.4 Å². The highest BCUT2D eigenvalue weighted by atomic mass is 19.1. The molecule has 1 aliphatic heterocycles. The van der Waals surface area contributed by atoms with Crippen molar-refractivity contribution in [2.24, 2.45) is 0 Å². The fraction of sp³-hybridized carbons (Fsp3) is 0.400. The quantitative estimate of drug-likeness (QED) is 0.695. The van der Waals surface area contributed by atoms with Gasteiger partial charge < -0.3 is 9.47 Å². The second-order valence-corrected chi connectivity index (χ2v) is 7.37. The van der Waals surface area contributed by atoms with Crippen LogP contribution < -0.4 is 0 Å². The monoisotopic (exact) mass is 382 g/mol. The van der Waals surface area contributed by atoms with E-state index in [9.17, 15) is 9.18 Å². The van der Waals surface area contributed by atoms with Crippen LogP contribution in [-0.4, -0.2) is 48.4 Å². The summed E-state index contributed by atoms with van der Waals surface area (Å²) in [5.74, 6) is 0.661. The lowest BCUT2D eigenvalue weighted by Gasteiger charge is -2.32. The van der Waals surface area contributed by atoms with Crippen molar-refractivity contribution in [2.45, 2.75) is 38.6 Å². The molecule has 4 rings (SSSR count). The van der Waals surface area contributed by atoms with Crippen molar-refractivity contribution in [3.63, 3.8) is 0 Å². The number of carbonyl (C=O) groups excluding carboxylic acids is 1. The van der Waals surface area contributed by atoms with Crippen molar-refractivity contribution < 1.29 is 9.18 Å². The molecule has 0 saturated carbocycles. The Morgan fingerprint density at radius 2 is 2.04 bits per heavy atom. The molecule has 28 heavy (non-hydrogen) atoms. The fourth-order valence-corrected chi connectivity index (χ4v) is 3.70. The molecule has 1 amide bonds. The number of carbonyl (C=O) groups is 1. The van der Waals surface area contributed by atoms with E-state index >= 15 is 0 Å². The van der Waals surface area contributed by atoms with E-state index in [2.05, 4.69) is 33.7 Å². The minimum Gasteiger partial charge on any atom is -0.339 e. The number of amides is 1. The Kier molecular flexibility index (Phi) is 4.93. The Hall–Kier alpha value is -3.03. The molecule has 7 nitrogen and oxygen atoms in total. The zero-order valence-corrected chi connectivity index (χ0v) is 16.0. The lowest BCUT2D eigenvalue weighted by molar-refractivity contribution is 0.0709. The number of halogens is 1. The van der Waals surface area contributed by atoms with Crippen molar-refractivity contribution in [3.8, 4) is 5.69 Å². The van der Waals surface area contributed by atoms with Gasteiger partial charge in [0, 0.05) is 43.0 Å². The van der Waals surface area contributed by atoms with E-state index in [-0.39, 0.29) is 11.8 Å². The maximum absolute atomic E-state index is 14.5. The van der Waals surface area contributed by atoms with E-state index in [1.165, 1.54) is 10.7 Å². The Labute approximate surface area is 162 Å². The highest BCUT2D eigenvalue weighted by Crippen LogP contribution is 2.29. The summed E-state index contributed by atoms with van der Waals surface area (Å²) in [6.45, 7) is 5.45. The Morgan fingerprint density at radius 1 is 1.25 bits per heavy atom. The van der Waals surface area contributed by atoms with Gasteiger partial charge in [-0.1, -0.05) is 0 Å². The van der Waals surface area contributed by atoms with Crippen LogP contribution in [0.25, 0.3) is 5.69 Å². The molecule has 0 unspecified atom stereocenters. The average molecular weight is 382 g/mol. The minimum absolute atomic E-state index is 0.144. The van der Waals surface area contributed by atoms with Gasteiger partial charge >= 0.3 is 0 Å². The molecule has 0 atom stereocenters. The topological polar surface area (TPSA) is 68.8 Å². The summed E-state index contributed by atoms with van der Waals surface area (Å²) < 4.78 is 18.0. The molecule has 0 radical (unpaired) electrons. The molecule has 2 aromatic heterocycles. The first-order chi connectivity index (χ1) is 13.5. The van der Waals surface area contributed by atoms with E-state index in [1.807, 2.05) is 0 Å². The van der Waals surface area contributed by atoms with Crippen LogP contribution >= 0.6 is 0 Å². The lowest BCUT2D eigenvalue weighted by atomic mass is 9.95. The van der Waals surface area contributed by atoms with Gasteiger partial charge in [0.1, 0.15) is 23.7 Å². The highest BCUT2D eigenvalue weighted by Gasteiger charge is 2.28. The third-order valence-electron chi connectivity index (χ3n) is 5.25.